The molecule has 0 unspecified atom stereocenters. The number of nitrogens with one attached hydrogen (secondary N) is 2. The van der Waals surface area contributed by atoms with Crippen LogP contribution in [-0.2, 0) is 4.74 Å². The smallest absolute Gasteiger partial charge is 0.324 e. The number of benzene rings is 2. The number of amides is 2. The van der Waals surface area contributed by atoms with E-state index in [2.05, 4.69) is 21.7 Å². The summed E-state index contributed by atoms with van der Waals surface area (Å²) in [5.74, 6) is 0.475. The first-order chi connectivity index (χ1) is 17.1. The number of carbonyl (C=O) groups excluding carboxylic acids is 1. The molecule has 35 heavy (non-hydrogen) atoms. The van der Waals surface area contributed by atoms with Gasteiger partial charge in [-0.15, -0.1) is 11.3 Å². The summed E-state index contributed by atoms with van der Waals surface area (Å²) in [6.45, 7) is 0.765. The normalized spacial score (nSPS) is 10.4. The topological polar surface area (TPSA) is 120 Å². The first-order valence-corrected chi connectivity index (χ1v) is 12.0. The van der Waals surface area contributed by atoms with Gasteiger partial charge < -0.3 is 14.8 Å². The van der Waals surface area contributed by atoms with Crippen LogP contribution in [0.4, 0.5) is 15.5 Å². The average Bonchev–Trinajstić information content (AvgIpc) is 3.30. The van der Waals surface area contributed by atoms with Crippen LogP contribution in [0.3, 0.4) is 0 Å². The van der Waals surface area contributed by atoms with Crippen LogP contribution < -0.4 is 15.4 Å². The first-order valence-electron chi connectivity index (χ1n) is 10.4. The van der Waals surface area contributed by atoms with E-state index in [-0.39, 0.29) is 6.03 Å². The van der Waals surface area contributed by atoms with Gasteiger partial charge in [-0.1, -0.05) is 11.8 Å². The van der Waals surface area contributed by atoms with Gasteiger partial charge in [-0.3, -0.25) is 10.3 Å². The lowest BCUT2D eigenvalue weighted by molar-refractivity contribution is 0.146. The monoisotopic (exact) mass is 501 g/mol. The van der Waals surface area contributed by atoms with E-state index >= 15 is 0 Å². The highest BCUT2D eigenvalue weighted by molar-refractivity contribution is 8.01. The van der Waals surface area contributed by atoms with Crippen molar-refractivity contribution >= 4 is 50.7 Å². The fourth-order valence-electron chi connectivity index (χ4n) is 3.13. The molecule has 2 amide bonds. The largest absolute Gasteiger partial charge is 0.490 e. The molecule has 2 aromatic heterocycles. The molecule has 0 radical (unpaired) electrons. The van der Waals surface area contributed by atoms with Gasteiger partial charge in [0.1, 0.15) is 18.4 Å². The number of thiophene rings is 1. The summed E-state index contributed by atoms with van der Waals surface area (Å²) in [4.78, 5) is 17.7. The minimum atomic E-state index is -0.373. The molecule has 0 spiro atoms. The number of nitriles is 2. The molecule has 8 nitrogen and oxygen atoms in total. The number of hydrogen-bond donors (Lipinski definition) is 2. The summed E-state index contributed by atoms with van der Waals surface area (Å²) in [6.07, 6.45) is 1.72. The molecule has 0 bridgehead atoms. The Kier molecular flexibility index (Phi) is 7.81. The van der Waals surface area contributed by atoms with Gasteiger partial charge in [0.15, 0.2) is 0 Å². The van der Waals surface area contributed by atoms with Crippen LogP contribution >= 0.6 is 23.1 Å². The van der Waals surface area contributed by atoms with Gasteiger partial charge in [-0.2, -0.15) is 10.5 Å². The van der Waals surface area contributed by atoms with Crippen LogP contribution in [0.5, 0.6) is 5.75 Å². The van der Waals surface area contributed by atoms with E-state index < -0.39 is 0 Å². The standard InChI is InChI=1S/C25H19N5O3S2/c1-32-10-11-33-21-13-20-19(12-17(21)15-27)22(8-9-28-20)34-24-7-6-23(35-24)30-25(31)29-18-4-2-16(14-26)3-5-18/h2-9,12-13H,10-11H2,1H3,(H2,29,30,31). The number of pyridine rings is 1. The molecule has 2 aromatic carbocycles. The Balaban J connectivity index is 1.46. The summed E-state index contributed by atoms with van der Waals surface area (Å²) in [5, 5.41) is 25.5. The summed E-state index contributed by atoms with van der Waals surface area (Å²) in [5.41, 5.74) is 2.26. The van der Waals surface area contributed by atoms with Crippen LogP contribution in [-0.4, -0.2) is 31.3 Å². The Bertz CT molecular complexity index is 1440. The lowest BCUT2D eigenvalue weighted by Gasteiger charge is -2.10. The predicted octanol–water partition coefficient (Wildman–Crippen LogP) is 5.86. The van der Waals surface area contributed by atoms with Crippen molar-refractivity contribution in [3.63, 3.8) is 0 Å². The van der Waals surface area contributed by atoms with Gasteiger partial charge in [0, 0.05) is 35.3 Å². The maximum absolute atomic E-state index is 12.3. The third kappa shape index (κ3) is 6.08. The van der Waals surface area contributed by atoms with Crippen molar-refractivity contribution in [3.05, 3.63) is 71.9 Å². The van der Waals surface area contributed by atoms with Crippen molar-refractivity contribution in [1.29, 1.82) is 10.5 Å². The van der Waals surface area contributed by atoms with Gasteiger partial charge in [0.25, 0.3) is 0 Å². The van der Waals surface area contributed by atoms with Gasteiger partial charge in [-0.05, 0) is 48.5 Å². The summed E-state index contributed by atoms with van der Waals surface area (Å²) in [7, 11) is 1.59. The number of ether oxygens (including phenoxy) is 2. The predicted molar refractivity (Wildman–Crippen MR) is 136 cm³/mol. The number of fused-ring (bicyclic) bond motifs is 1. The van der Waals surface area contributed by atoms with Gasteiger partial charge in [-0.25, -0.2) is 4.79 Å². The number of methoxy groups -OCH3 is 1. The molecule has 0 aliphatic rings. The van der Waals surface area contributed by atoms with E-state index in [0.717, 1.165) is 20.0 Å². The molecule has 0 saturated heterocycles. The molecule has 10 heteroatoms. The van der Waals surface area contributed by atoms with Gasteiger partial charge in [0.2, 0.25) is 0 Å². The molecule has 4 rings (SSSR count). The molecule has 2 heterocycles. The lowest BCUT2D eigenvalue weighted by atomic mass is 10.1. The second kappa shape index (κ2) is 11.4. The minimum Gasteiger partial charge on any atom is -0.490 e. The Hall–Kier alpha value is -4.09. The highest BCUT2D eigenvalue weighted by Gasteiger charge is 2.13. The second-order valence-corrected chi connectivity index (χ2v) is 9.54. The lowest BCUT2D eigenvalue weighted by Crippen LogP contribution is -2.18. The van der Waals surface area contributed by atoms with E-state index in [1.165, 1.54) is 23.1 Å². The zero-order valence-corrected chi connectivity index (χ0v) is 20.2. The SMILES string of the molecule is COCCOc1cc2nccc(Sc3ccc(NC(=O)Nc4ccc(C#N)cc4)s3)c2cc1C#N. The Morgan fingerprint density at radius 3 is 2.63 bits per heavy atom. The summed E-state index contributed by atoms with van der Waals surface area (Å²) < 4.78 is 11.6. The van der Waals surface area contributed by atoms with Crippen molar-refractivity contribution in [3.8, 4) is 17.9 Å². The Morgan fingerprint density at radius 2 is 1.89 bits per heavy atom. The quantitative estimate of drug-likeness (QED) is 0.290. The number of urea groups is 1. The molecular formula is C25H19N5O3S2. The fraction of sp³-hybridized carbons (Fsp3) is 0.120. The van der Waals surface area contributed by atoms with Crippen molar-refractivity contribution in [1.82, 2.24) is 4.98 Å². The minimum absolute atomic E-state index is 0.342. The van der Waals surface area contributed by atoms with E-state index in [4.69, 9.17) is 14.7 Å². The summed E-state index contributed by atoms with van der Waals surface area (Å²) in [6, 6.07) is 19.7. The van der Waals surface area contributed by atoms with Crippen LogP contribution in [0.1, 0.15) is 11.1 Å². The van der Waals surface area contributed by atoms with E-state index in [1.807, 2.05) is 24.3 Å². The fourth-order valence-corrected chi connectivity index (χ4v) is 5.23. The number of rotatable bonds is 8. The highest BCUT2D eigenvalue weighted by Crippen LogP contribution is 2.39. The number of nitrogens with zero attached hydrogens (tertiary/aromatic N) is 3. The molecule has 0 atom stereocenters. The number of anilines is 2. The molecule has 0 aliphatic carbocycles. The number of hydrogen-bond acceptors (Lipinski definition) is 8. The molecule has 0 fully saturated rings. The number of carbonyl (C=O) groups is 1. The second-order valence-electron chi connectivity index (χ2n) is 7.12. The molecular weight excluding hydrogens is 482 g/mol. The molecule has 2 N–H and O–H groups in total. The van der Waals surface area contributed by atoms with Crippen LogP contribution in [0, 0.1) is 22.7 Å². The summed E-state index contributed by atoms with van der Waals surface area (Å²) >= 11 is 2.96. The van der Waals surface area contributed by atoms with Crippen LogP contribution in [0.15, 0.2) is 69.9 Å². The molecule has 0 saturated carbocycles. The Morgan fingerprint density at radius 1 is 1.06 bits per heavy atom. The van der Waals surface area contributed by atoms with Crippen LogP contribution in [0.25, 0.3) is 10.9 Å². The van der Waals surface area contributed by atoms with Gasteiger partial charge >= 0.3 is 6.03 Å². The van der Waals surface area contributed by atoms with Gasteiger partial charge in [0.05, 0.1) is 38.5 Å². The maximum atomic E-state index is 12.3. The van der Waals surface area contributed by atoms with Crippen molar-refractivity contribution in [2.24, 2.45) is 0 Å². The zero-order chi connectivity index (χ0) is 24.6. The Labute approximate surface area is 210 Å². The average molecular weight is 502 g/mol. The third-order valence-electron chi connectivity index (χ3n) is 4.77. The first kappa shape index (κ1) is 24.0. The van der Waals surface area contributed by atoms with E-state index in [1.54, 1.807) is 49.7 Å². The molecule has 174 valence electrons. The van der Waals surface area contributed by atoms with Crippen molar-refractivity contribution in [2.75, 3.05) is 31.0 Å². The highest BCUT2D eigenvalue weighted by atomic mass is 32.2. The zero-order valence-electron chi connectivity index (χ0n) is 18.6. The third-order valence-corrected chi connectivity index (χ3v) is 6.98. The van der Waals surface area contributed by atoms with Crippen molar-refractivity contribution < 1.29 is 14.3 Å². The molecule has 0 aliphatic heterocycles. The van der Waals surface area contributed by atoms with Crippen LogP contribution in [0.2, 0.25) is 0 Å². The van der Waals surface area contributed by atoms with E-state index in [9.17, 15) is 10.1 Å². The maximum Gasteiger partial charge on any atom is 0.324 e. The number of aromatic nitrogens is 1. The van der Waals surface area contributed by atoms with E-state index in [0.29, 0.717) is 40.8 Å². The molecule has 4 aromatic rings. The van der Waals surface area contributed by atoms with Crippen molar-refractivity contribution in [2.45, 2.75) is 9.10 Å².